The molecule has 0 saturated heterocycles. The van der Waals surface area contributed by atoms with E-state index in [0.717, 1.165) is 46.8 Å². The minimum Gasteiger partial charge on any atom is -0.486 e. The zero-order chi connectivity index (χ0) is 17.2. The molecule has 2 heterocycles. The fourth-order valence-corrected chi connectivity index (χ4v) is 3.24. The van der Waals surface area contributed by atoms with E-state index in [9.17, 15) is 5.26 Å². The number of nitriles is 1. The van der Waals surface area contributed by atoms with E-state index in [4.69, 9.17) is 14.5 Å². The highest BCUT2D eigenvalue weighted by Crippen LogP contribution is 2.35. The van der Waals surface area contributed by atoms with E-state index in [2.05, 4.69) is 17.6 Å². The molecule has 4 rings (SSSR count). The van der Waals surface area contributed by atoms with Crippen LogP contribution in [0.15, 0.2) is 36.4 Å². The van der Waals surface area contributed by atoms with Crippen LogP contribution in [0.4, 0.5) is 0 Å². The zero-order valence-electron chi connectivity index (χ0n) is 14.2. The van der Waals surface area contributed by atoms with Crippen molar-refractivity contribution in [2.45, 2.75) is 26.3 Å². The number of fused-ring (bicyclic) bond motifs is 2. The SMILES string of the molecule is CCCc1nc2cc3c(cc2n1Cc1ccccc1C#N)OCCO3. The van der Waals surface area contributed by atoms with Crippen molar-refractivity contribution in [1.82, 2.24) is 9.55 Å². The van der Waals surface area contributed by atoms with E-state index >= 15 is 0 Å². The predicted octanol–water partition coefficient (Wildman–Crippen LogP) is 3.68. The van der Waals surface area contributed by atoms with Crippen LogP contribution >= 0.6 is 0 Å². The number of benzene rings is 2. The minimum atomic E-state index is 0.561. The molecule has 0 aliphatic carbocycles. The fourth-order valence-electron chi connectivity index (χ4n) is 3.24. The first kappa shape index (κ1) is 15.5. The van der Waals surface area contributed by atoms with Crippen LogP contribution in [0.5, 0.6) is 11.5 Å². The zero-order valence-corrected chi connectivity index (χ0v) is 14.2. The third-order valence-electron chi connectivity index (χ3n) is 4.43. The van der Waals surface area contributed by atoms with Crippen LogP contribution in [0, 0.1) is 11.3 Å². The van der Waals surface area contributed by atoms with Gasteiger partial charge in [-0.15, -0.1) is 0 Å². The highest BCUT2D eigenvalue weighted by atomic mass is 16.6. The lowest BCUT2D eigenvalue weighted by atomic mass is 10.1. The fraction of sp³-hybridized carbons (Fsp3) is 0.300. The number of aromatic nitrogens is 2. The third kappa shape index (κ3) is 2.80. The Balaban J connectivity index is 1.85. The van der Waals surface area contributed by atoms with Crippen molar-refractivity contribution in [2.75, 3.05) is 13.2 Å². The summed E-state index contributed by atoms with van der Waals surface area (Å²) < 4.78 is 13.6. The lowest BCUT2D eigenvalue weighted by Gasteiger charge is -2.18. The Hall–Kier alpha value is -3.00. The van der Waals surface area contributed by atoms with Gasteiger partial charge in [0.15, 0.2) is 11.5 Å². The summed E-state index contributed by atoms with van der Waals surface area (Å²) in [5, 5.41) is 9.38. The lowest BCUT2D eigenvalue weighted by Crippen LogP contribution is -2.15. The Morgan fingerprint density at radius 2 is 1.92 bits per heavy atom. The predicted molar refractivity (Wildman–Crippen MR) is 95.0 cm³/mol. The molecule has 0 bridgehead atoms. The van der Waals surface area contributed by atoms with E-state index < -0.39 is 0 Å². The van der Waals surface area contributed by atoms with Crippen LogP contribution in [0.3, 0.4) is 0 Å². The average molecular weight is 333 g/mol. The van der Waals surface area contributed by atoms with Gasteiger partial charge < -0.3 is 14.0 Å². The van der Waals surface area contributed by atoms with Crippen LogP contribution in [0.2, 0.25) is 0 Å². The van der Waals surface area contributed by atoms with Crippen molar-refractivity contribution in [3.8, 4) is 17.6 Å². The van der Waals surface area contributed by atoms with Gasteiger partial charge in [-0.25, -0.2) is 4.98 Å². The minimum absolute atomic E-state index is 0.561. The summed E-state index contributed by atoms with van der Waals surface area (Å²) in [6, 6.07) is 13.9. The molecule has 0 fully saturated rings. The second-order valence-electron chi connectivity index (χ2n) is 6.12. The highest BCUT2D eigenvalue weighted by Gasteiger charge is 2.18. The molecule has 1 aromatic heterocycles. The maximum absolute atomic E-state index is 9.38. The molecule has 0 unspecified atom stereocenters. The van der Waals surface area contributed by atoms with Gasteiger partial charge in [0.1, 0.15) is 19.0 Å². The van der Waals surface area contributed by atoms with E-state index in [1.165, 1.54) is 0 Å². The molecule has 0 amide bonds. The molecular weight excluding hydrogens is 314 g/mol. The van der Waals surface area contributed by atoms with E-state index in [1.54, 1.807) is 0 Å². The molecular formula is C20H19N3O2. The van der Waals surface area contributed by atoms with Crippen LogP contribution in [0.25, 0.3) is 11.0 Å². The van der Waals surface area contributed by atoms with Crippen LogP contribution < -0.4 is 9.47 Å². The van der Waals surface area contributed by atoms with E-state index in [-0.39, 0.29) is 0 Å². The molecule has 3 aromatic rings. The molecule has 5 nitrogen and oxygen atoms in total. The van der Waals surface area contributed by atoms with Crippen molar-refractivity contribution < 1.29 is 9.47 Å². The average Bonchev–Trinajstić information content (AvgIpc) is 2.97. The van der Waals surface area contributed by atoms with Crippen molar-refractivity contribution in [1.29, 1.82) is 5.26 Å². The van der Waals surface area contributed by atoms with Gasteiger partial charge in [0.05, 0.1) is 29.2 Å². The highest BCUT2D eigenvalue weighted by molar-refractivity contribution is 5.81. The molecule has 2 aromatic carbocycles. The standard InChI is InChI=1S/C20H19N3O2/c1-2-5-20-22-16-10-18-19(25-9-8-24-18)11-17(16)23(20)13-15-7-4-3-6-14(15)12-21/h3-4,6-7,10-11H,2,5,8-9,13H2,1H3. The molecule has 25 heavy (non-hydrogen) atoms. The maximum Gasteiger partial charge on any atom is 0.163 e. The Morgan fingerprint density at radius 3 is 2.68 bits per heavy atom. The number of imidazole rings is 1. The van der Waals surface area contributed by atoms with Gasteiger partial charge in [0, 0.05) is 18.6 Å². The molecule has 126 valence electrons. The van der Waals surface area contributed by atoms with Gasteiger partial charge in [-0.05, 0) is 18.1 Å². The van der Waals surface area contributed by atoms with Gasteiger partial charge in [-0.3, -0.25) is 0 Å². The van der Waals surface area contributed by atoms with Crippen molar-refractivity contribution in [2.24, 2.45) is 0 Å². The second kappa shape index (κ2) is 6.48. The number of hydrogen-bond acceptors (Lipinski definition) is 4. The topological polar surface area (TPSA) is 60.1 Å². The molecule has 5 heteroatoms. The van der Waals surface area contributed by atoms with Crippen molar-refractivity contribution in [3.05, 3.63) is 53.3 Å². The number of ether oxygens (including phenoxy) is 2. The first-order valence-electron chi connectivity index (χ1n) is 8.57. The van der Waals surface area contributed by atoms with Gasteiger partial charge in [0.2, 0.25) is 0 Å². The summed E-state index contributed by atoms with van der Waals surface area (Å²) in [7, 11) is 0. The summed E-state index contributed by atoms with van der Waals surface area (Å²) in [6.45, 7) is 3.89. The molecule has 0 saturated carbocycles. The Kier molecular flexibility index (Phi) is 4.02. The molecule has 0 N–H and O–H groups in total. The summed E-state index contributed by atoms with van der Waals surface area (Å²) in [6.07, 6.45) is 1.89. The van der Waals surface area contributed by atoms with E-state index in [1.807, 2.05) is 36.4 Å². The van der Waals surface area contributed by atoms with Crippen LogP contribution in [-0.4, -0.2) is 22.8 Å². The first-order chi connectivity index (χ1) is 12.3. The molecule has 1 aliphatic rings. The Labute approximate surface area is 146 Å². The third-order valence-corrected chi connectivity index (χ3v) is 4.43. The molecule has 0 spiro atoms. The number of rotatable bonds is 4. The maximum atomic E-state index is 9.38. The van der Waals surface area contributed by atoms with Gasteiger partial charge >= 0.3 is 0 Å². The monoisotopic (exact) mass is 333 g/mol. The van der Waals surface area contributed by atoms with Crippen LogP contribution in [-0.2, 0) is 13.0 Å². The first-order valence-corrected chi connectivity index (χ1v) is 8.57. The van der Waals surface area contributed by atoms with Gasteiger partial charge in [-0.1, -0.05) is 25.1 Å². The largest absolute Gasteiger partial charge is 0.486 e. The summed E-state index contributed by atoms with van der Waals surface area (Å²) >= 11 is 0. The summed E-state index contributed by atoms with van der Waals surface area (Å²) in [5.74, 6) is 2.54. The second-order valence-corrected chi connectivity index (χ2v) is 6.12. The number of nitrogens with zero attached hydrogens (tertiary/aromatic N) is 3. The van der Waals surface area contributed by atoms with Crippen molar-refractivity contribution in [3.63, 3.8) is 0 Å². The Bertz CT molecular complexity index is 969. The van der Waals surface area contributed by atoms with Gasteiger partial charge in [-0.2, -0.15) is 5.26 Å². The molecule has 0 radical (unpaired) electrons. The van der Waals surface area contributed by atoms with Gasteiger partial charge in [0.25, 0.3) is 0 Å². The normalized spacial score (nSPS) is 13.0. The molecule has 1 aliphatic heterocycles. The summed E-state index contributed by atoms with van der Waals surface area (Å²) in [5.41, 5.74) is 3.61. The number of aryl methyl sites for hydroxylation is 1. The smallest absolute Gasteiger partial charge is 0.163 e. The Morgan fingerprint density at radius 1 is 1.16 bits per heavy atom. The number of hydrogen-bond donors (Lipinski definition) is 0. The summed E-state index contributed by atoms with van der Waals surface area (Å²) in [4.78, 5) is 4.81. The van der Waals surface area contributed by atoms with E-state index in [0.29, 0.717) is 25.3 Å². The van der Waals surface area contributed by atoms with Crippen LogP contribution in [0.1, 0.15) is 30.3 Å². The quantitative estimate of drug-likeness (QED) is 0.731. The van der Waals surface area contributed by atoms with Crippen molar-refractivity contribution >= 4 is 11.0 Å². The lowest BCUT2D eigenvalue weighted by molar-refractivity contribution is 0.172. The molecule has 0 atom stereocenters.